The van der Waals surface area contributed by atoms with E-state index in [0.29, 0.717) is 0 Å². The number of benzene rings is 2. The zero-order valence-electron chi connectivity index (χ0n) is 11.1. The van der Waals surface area contributed by atoms with Crippen molar-refractivity contribution in [2.24, 2.45) is 0 Å². The van der Waals surface area contributed by atoms with Gasteiger partial charge in [0.25, 0.3) is 0 Å². The van der Waals surface area contributed by atoms with Crippen molar-refractivity contribution in [3.63, 3.8) is 0 Å². The molecule has 0 aliphatic rings. The maximum Gasteiger partial charge on any atom is 0.216 e. The third-order valence-corrected chi connectivity index (χ3v) is 4.16. The van der Waals surface area contributed by atoms with E-state index < -0.39 is 15.8 Å². The van der Waals surface area contributed by atoms with Crippen LogP contribution in [0.5, 0.6) is 0 Å². The molecule has 2 aromatic rings. The molecule has 2 aromatic carbocycles. The fourth-order valence-electron chi connectivity index (χ4n) is 1.89. The van der Waals surface area contributed by atoms with Crippen molar-refractivity contribution in [2.45, 2.75) is 19.2 Å². The second-order valence-corrected chi connectivity index (χ2v) is 6.47. The van der Waals surface area contributed by atoms with Crippen LogP contribution in [0, 0.1) is 12.7 Å². The molecule has 0 heterocycles. The second kappa shape index (κ2) is 6.15. The van der Waals surface area contributed by atoms with Crippen molar-refractivity contribution < 1.29 is 12.8 Å². The molecule has 3 nitrogen and oxygen atoms in total. The minimum Gasteiger partial charge on any atom is -0.212 e. The number of hydrogen-bond donors (Lipinski definition) is 1. The molecule has 0 aromatic heterocycles. The first-order valence-electron chi connectivity index (χ1n) is 6.22. The maximum absolute atomic E-state index is 13.4. The highest BCUT2D eigenvalue weighted by Crippen LogP contribution is 2.11. The zero-order valence-corrected chi connectivity index (χ0v) is 12.0. The Morgan fingerprint density at radius 2 is 1.85 bits per heavy atom. The van der Waals surface area contributed by atoms with Crippen LogP contribution in [0.15, 0.2) is 48.5 Å². The van der Waals surface area contributed by atoms with Gasteiger partial charge in [0, 0.05) is 12.1 Å². The molecule has 0 aliphatic heterocycles. The van der Waals surface area contributed by atoms with Gasteiger partial charge >= 0.3 is 0 Å². The molecule has 0 spiro atoms. The summed E-state index contributed by atoms with van der Waals surface area (Å²) in [5.41, 5.74) is 2.11. The van der Waals surface area contributed by atoms with Gasteiger partial charge in [0.15, 0.2) is 0 Å². The summed E-state index contributed by atoms with van der Waals surface area (Å²) in [5.74, 6) is -0.862. The topological polar surface area (TPSA) is 46.2 Å². The quantitative estimate of drug-likeness (QED) is 0.921. The summed E-state index contributed by atoms with van der Waals surface area (Å²) in [5, 5.41) is 0. The Balaban J connectivity index is 2.03. The number of halogens is 1. The lowest BCUT2D eigenvalue weighted by Gasteiger charge is -2.08. The van der Waals surface area contributed by atoms with E-state index >= 15 is 0 Å². The Morgan fingerprint density at radius 1 is 1.10 bits per heavy atom. The van der Waals surface area contributed by atoms with Crippen LogP contribution in [0.1, 0.15) is 16.7 Å². The molecule has 106 valence electrons. The summed E-state index contributed by atoms with van der Waals surface area (Å²) in [6, 6.07) is 13.4. The number of rotatable bonds is 5. The Hall–Kier alpha value is -1.72. The first-order valence-corrected chi connectivity index (χ1v) is 7.88. The minimum absolute atomic E-state index is 0.171. The molecule has 1 N–H and O–H groups in total. The predicted molar refractivity (Wildman–Crippen MR) is 77.0 cm³/mol. The molecule has 0 amide bonds. The molecular formula is C15H16FNO2S. The van der Waals surface area contributed by atoms with Gasteiger partial charge in [0.05, 0.1) is 5.75 Å². The Morgan fingerprint density at radius 3 is 2.55 bits per heavy atom. The first kappa shape index (κ1) is 14.7. The molecule has 0 saturated carbocycles. The monoisotopic (exact) mass is 293 g/mol. The average molecular weight is 293 g/mol. The van der Waals surface area contributed by atoms with E-state index in [9.17, 15) is 12.8 Å². The maximum atomic E-state index is 13.4. The molecule has 0 bridgehead atoms. The number of sulfonamides is 1. The summed E-state index contributed by atoms with van der Waals surface area (Å²) in [6.07, 6.45) is 0. The standard InChI is InChI=1S/C15H16FNO2S/c1-12-5-4-6-13(9-12)10-17-20(18,19)11-14-7-2-3-8-15(14)16/h2-9,17H,10-11H2,1H3. The van der Waals surface area contributed by atoms with Crippen molar-refractivity contribution in [2.75, 3.05) is 0 Å². The zero-order chi connectivity index (χ0) is 14.6. The van der Waals surface area contributed by atoms with Crippen molar-refractivity contribution in [3.8, 4) is 0 Å². The van der Waals surface area contributed by atoms with E-state index in [0.717, 1.165) is 11.1 Å². The fraction of sp³-hybridized carbons (Fsp3) is 0.200. The highest BCUT2D eigenvalue weighted by atomic mass is 32.2. The van der Waals surface area contributed by atoms with Gasteiger partial charge in [-0.05, 0) is 18.6 Å². The van der Waals surface area contributed by atoms with Crippen LogP contribution in [0.3, 0.4) is 0 Å². The average Bonchev–Trinajstić information content (AvgIpc) is 2.39. The third-order valence-electron chi connectivity index (χ3n) is 2.88. The van der Waals surface area contributed by atoms with Crippen LogP contribution in [0.25, 0.3) is 0 Å². The number of aryl methyl sites for hydroxylation is 1. The lowest BCUT2D eigenvalue weighted by atomic mass is 10.1. The largest absolute Gasteiger partial charge is 0.216 e. The number of nitrogens with one attached hydrogen (secondary N) is 1. The summed E-state index contributed by atoms with van der Waals surface area (Å²) >= 11 is 0. The summed E-state index contributed by atoms with van der Waals surface area (Å²) < 4.78 is 39.8. The van der Waals surface area contributed by atoms with Crippen molar-refractivity contribution in [1.29, 1.82) is 0 Å². The van der Waals surface area contributed by atoms with E-state index in [1.807, 2.05) is 31.2 Å². The SMILES string of the molecule is Cc1cccc(CNS(=O)(=O)Cc2ccccc2F)c1. The third kappa shape index (κ3) is 4.15. The minimum atomic E-state index is -3.56. The van der Waals surface area contributed by atoms with Gasteiger partial charge in [-0.2, -0.15) is 0 Å². The molecule has 0 radical (unpaired) electrons. The second-order valence-electron chi connectivity index (χ2n) is 4.66. The van der Waals surface area contributed by atoms with E-state index in [-0.39, 0.29) is 17.9 Å². The predicted octanol–water partition coefficient (Wildman–Crippen LogP) is 2.75. The van der Waals surface area contributed by atoms with Crippen molar-refractivity contribution >= 4 is 10.0 Å². The molecule has 20 heavy (non-hydrogen) atoms. The van der Waals surface area contributed by atoms with Crippen LogP contribution < -0.4 is 4.72 Å². The van der Waals surface area contributed by atoms with Gasteiger partial charge in [-0.3, -0.25) is 0 Å². The Kier molecular flexibility index (Phi) is 4.52. The molecular weight excluding hydrogens is 277 g/mol. The van der Waals surface area contributed by atoms with Gasteiger partial charge in [0.1, 0.15) is 5.82 Å². The smallest absolute Gasteiger partial charge is 0.212 e. The Bertz CT molecular complexity index is 699. The lowest BCUT2D eigenvalue weighted by Crippen LogP contribution is -2.25. The normalized spacial score (nSPS) is 11.5. The molecule has 0 atom stereocenters. The highest BCUT2D eigenvalue weighted by molar-refractivity contribution is 7.88. The van der Waals surface area contributed by atoms with Crippen molar-refractivity contribution in [1.82, 2.24) is 4.72 Å². The highest BCUT2D eigenvalue weighted by Gasteiger charge is 2.13. The van der Waals surface area contributed by atoms with Gasteiger partial charge in [-0.15, -0.1) is 0 Å². The summed E-state index contributed by atoms with van der Waals surface area (Å²) in [6.45, 7) is 2.15. The van der Waals surface area contributed by atoms with E-state index in [4.69, 9.17) is 0 Å². The van der Waals surface area contributed by atoms with Gasteiger partial charge in [-0.25, -0.2) is 17.5 Å². The molecule has 0 aliphatic carbocycles. The molecule has 0 unspecified atom stereocenters. The van der Waals surface area contributed by atoms with Gasteiger partial charge < -0.3 is 0 Å². The number of hydrogen-bond acceptors (Lipinski definition) is 2. The van der Waals surface area contributed by atoms with Gasteiger partial charge in [0.2, 0.25) is 10.0 Å². The van der Waals surface area contributed by atoms with E-state index in [2.05, 4.69) is 4.72 Å². The fourth-order valence-corrected chi connectivity index (χ4v) is 3.02. The van der Waals surface area contributed by atoms with Crippen LogP contribution in [-0.2, 0) is 22.3 Å². The Labute approximate surface area is 118 Å². The lowest BCUT2D eigenvalue weighted by molar-refractivity contribution is 0.574. The van der Waals surface area contributed by atoms with Crippen LogP contribution in [-0.4, -0.2) is 8.42 Å². The molecule has 0 saturated heterocycles. The van der Waals surface area contributed by atoms with Crippen LogP contribution in [0.2, 0.25) is 0 Å². The van der Waals surface area contributed by atoms with Gasteiger partial charge in [-0.1, -0.05) is 48.0 Å². The van der Waals surface area contributed by atoms with Crippen molar-refractivity contribution in [3.05, 3.63) is 71.0 Å². The van der Waals surface area contributed by atoms with E-state index in [1.54, 1.807) is 6.07 Å². The van der Waals surface area contributed by atoms with E-state index in [1.165, 1.54) is 18.2 Å². The summed E-state index contributed by atoms with van der Waals surface area (Å²) in [4.78, 5) is 0. The van der Waals surface area contributed by atoms with Crippen LogP contribution in [0.4, 0.5) is 4.39 Å². The molecule has 2 rings (SSSR count). The summed E-state index contributed by atoms with van der Waals surface area (Å²) in [7, 11) is -3.56. The van der Waals surface area contributed by atoms with Crippen LogP contribution >= 0.6 is 0 Å². The molecule has 5 heteroatoms. The molecule has 0 fully saturated rings. The first-order chi connectivity index (χ1) is 9.46.